The molecule has 2 atom stereocenters. The van der Waals surface area contributed by atoms with Crippen LogP contribution >= 0.6 is 0 Å². The molecule has 0 unspecified atom stereocenters. The van der Waals surface area contributed by atoms with Crippen molar-refractivity contribution in [1.29, 1.82) is 0 Å². The summed E-state index contributed by atoms with van der Waals surface area (Å²) in [5.41, 5.74) is 0.479. The molecule has 1 N–H and O–H groups in total. The topological polar surface area (TPSA) is 83.5 Å². The molecule has 1 fully saturated rings. The second kappa shape index (κ2) is 7.25. The number of fused-ring (bicyclic) bond motifs is 1. The third kappa shape index (κ3) is 3.52. The van der Waals surface area contributed by atoms with Gasteiger partial charge in [-0.25, -0.2) is 0 Å². The van der Waals surface area contributed by atoms with Crippen LogP contribution in [0.15, 0.2) is 24.3 Å². The van der Waals surface area contributed by atoms with Gasteiger partial charge in [0.25, 0.3) is 0 Å². The van der Waals surface area contributed by atoms with Gasteiger partial charge in [-0.1, -0.05) is 12.1 Å². The Bertz CT molecular complexity index is 859. The van der Waals surface area contributed by atoms with Crippen molar-refractivity contribution in [2.75, 3.05) is 21.3 Å². The van der Waals surface area contributed by atoms with Crippen molar-refractivity contribution in [2.24, 2.45) is 0 Å². The van der Waals surface area contributed by atoms with E-state index >= 15 is 0 Å². The summed E-state index contributed by atoms with van der Waals surface area (Å²) in [4.78, 5) is 11.8. The van der Waals surface area contributed by atoms with Crippen LogP contribution in [0.5, 0.6) is 17.2 Å². The van der Waals surface area contributed by atoms with Crippen molar-refractivity contribution < 1.29 is 33.6 Å². The molecule has 0 saturated carbocycles. The lowest BCUT2D eigenvalue weighted by molar-refractivity contribution is -0.154. The molecule has 0 aliphatic carbocycles. The fourth-order valence-electron chi connectivity index (χ4n) is 3.46. The fourth-order valence-corrected chi connectivity index (χ4v) is 3.46. The molecule has 7 nitrogen and oxygen atoms in total. The molecule has 1 aliphatic rings. The summed E-state index contributed by atoms with van der Waals surface area (Å²) in [6.45, 7) is 3.52. The van der Waals surface area contributed by atoms with Crippen molar-refractivity contribution in [3.8, 4) is 17.2 Å². The van der Waals surface area contributed by atoms with Crippen LogP contribution in [0.3, 0.4) is 0 Å². The van der Waals surface area contributed by atoms with E-state index in [9.17, 15) is 9.90 Å². The Morgan fingerprint density at radius 2 is 1.85 bits per heavy atom. The van der Waals surface area contributed by atoms with E-state index in [-0.39, 0.29) is 12.2 Å². The van der Waals surface area contributed by atoms with E-state index in [1.165, 1.54) is 7.11 Å². The predicted molar refractivity (Wildman–Crippen MR) is 98.1 cm³/mol. The number of esters is 1. The lowest BCUT2D eigenvalue weighted by Gasteiger charge is -2.21. The number of carbonyl (C=O) groups excluding carboxylic acids is 1. The molecule has 27 heavy (non-hydrogen) atoms. The summed E-state index contributed by atoms with van der Waals surface area (Å²) in [6, 6.07) is 7.05. The number of carbonyl (C=O) groups is 1. The first kappa shape index (κ1) is 19.3. The van der Waals surface area contributed by atoms with E-state index in [2.05, 4.69) is 0 Å². The summed E-state index contributed by atoms with van der Waals surface area (Å²) >= 11 is 0. The predicted octanol–water partition coefficient (Wildman–Crippen LogP) is 3.32. The second-order valence-electron chi connectivity index (χ2n) is 6.77. The molecule has 7 heteroatoms. The van der Waals surface area contributed by atoms with Crippen LogP contribution in [0.25, 0.3) is 10.8 Å². The molecule has 0 bridgehead atoms. The first-order valence-electron chi connectivity index (χ1n) is 8.60. The maximum atomic E-state index is 11.8. The smallest absolute Gasteiger partial charge is 0.308 e. The molecule has 0 aromatic heterocycles. The normalized spacial score (nSPS) is 21.2. The van der Waals surface area contributed by atoms with Crippen LogP contribution in [0.1, 0.15) is 31.9 Å². The van der Waals surface area contributed by atoms with Gasteiger partial charge in [-0.05, 0) is 26.0 Å². The third-order valence-electron chi connectivity index (χ3n) is 4.61. The average Bonchev–Trinajstić information content (AvgIpc) is 2.95. The summed E-state index contributed by atoms with van der Waals surface area (Å²) in [6.07, 6.45) is -1.27. The SMILES string of the molecule is COC(=O)C[C@H]1OC(C)(C)O[C@@H]1c1cc(OC)c2c(OC)cccc2c1O. The number of hydrogen-bond donors (Lipinski definition) is 1. The highest BCUT2D eigenvalue weighted by atomic mass is 16.8. The fraction of sp³-hybridized carbons (Fsp3) is 0.450. The Hall–Kier alpha value is -2.51. The van der Waals surface area contributed by atoms with E-state index in [0.29, 0.717) is 27.8 Å². The molecule has 146 valence electrons. The van der Waals surface area contributed by atoms with E-state index in [4.69, 9.17) is 23.7 Å². The Kier molecular flexibility index (Phi) is 5.17. The van der Waals surface area contributed by atoms with Crippen LogP contribution < -0.4 is 9.47 Å². The molecule has 1 heterocycles. The summed E-state index contributed by atoms with van der Waals surface area (Å²) < 4.78 is 27.6. The maximum absolute atomic E-state index is 11.8. The van der Waals surface area contributed by atoms with Crippen molar-refractivity contribution in [3.63, 3.8) is 0 Å². The van der Waals surface area contributed by atoms with Gasteiger partial charge in [-0.15, -0.1) is 0 Å². The van der Waals surface area contributed by atoms with E-state index < -0.39 is 24.0 Å². The maximum Gasteiger partial charge on any atom is 0.308 e. The van der Waals surface area contributed by atoms with Crippen LogP contribution in [0.4, 0.5) is 0 Å². The summed E-state index contributed by atoms with van der Waals surface area (Å²) in [5.74, 6) is -0.181. The largest absolute Gasteiger partial charge is 0.507 e. The third-order valence-corrected chi connectivity index (χ3v) is 4.61. The molecular weight excluding hydrogens is 352 g/mol. The van der Waals surface area contributed by atoms with Gasteiger partial charge >= 0.3 is 5.97 Å². The van der Waals surface area contributed by atoms with Crippen molar-refractivity contribution in [1.82, 2.24) is 0 Å². The zero-order valence-corrected chi connectivity index (χ0v) is 16.1. The zero-order valence-electron chi connectivity index (χ0n) is 16.1. The summed E-state index contributed by atoms with van der Waals surface area (Å²) in [5, 5.41) is 12.2. The number of aromatic hydroxyl groups is 1. The van der Waals surface area contributed by atoms with Gasteiger partial charge in [0.05, 0.1) is 33.1 Å². The van der Waals surface area contributed by atoms with Gasteiger partial charge in [0.15, 0.2) is 5.79 Å². The van der Waals surface area contributed by atoms with E-state index in [1.54, 1.807) is 52.3 Å². The minimum atomic E-state index is -0.910. The number of benzene rings is 2. The first-order valence-corrected chi connectivity index (χ1v) is 8.60. The number of hydrogen-bond acceptors (Lipinski definition) is 7. The minimum absolute atomic E-state index is 0.00248. The molecule has 1 saturated heterocycles. The van der Waals surface area contributed by atoms with Gasteiger partial charge in [-0.2, -0.15) is 0 Å². The molecular formula is C20H24O7. The number of ether oxygens (including phenoxy) is 5. The van der Waals surface area contributed by atoms with Crippen molar-refractivity contribution in [3.05, 3.63) is 29.8 Å². The number of phenolic OH excluding ortho intramolecular Hbond substituents is 1. The minimum Gasteiger partial charge on any atom is -0.507 e. The quantitative estimate of drug-likeness (QED) is 0.802. The Morgan fingerprint density at radius 3 is 2.48 bits per heavy atom. The first-order chi connectivity index (χ1) is 12.8. The summed E-state index contributed by atoms with van der Waals surface area (Å²) in [7, 11) is 4.42. The van der Waals surface area contributed by atoms with Gasteiger partial charge in [0, 0.05) is 10.9 Å². The number of phenols is 1. The highest BCUT2D eigenvalue weighted by Crippen LogP contribution is 2.48. The van der Waals surface area contributed by atoms with Gasteiger partial charge < -0.3 is 28.8 Å². The lowest BCUT2D eigenvalue weighted by Crippen LogP contribution is -2.23. The second-order valence-corrected chi connectivity index (χ2v) is 6.77. The number of rotatable bonds is 5. The molecule has 0 radical (unpaired) electrons. The Labute approximate surface area is 157 Å². The van der Waals surface area contributed by atoms with Crippen molar-refractivity contribution >= 4 is 16.7 Å². The molecule has 3 rings (SSSR count). The molecule has 2 aromatic carbocycles. The molecule has 0 amide bonds. The molecule has 2 aromatic rings. The van der Waals surface area contributed by atoms with E-state index in [1.807, 2.05) is 0 Å². The highest BCUT2D eigenvalue weighted by Gasteiger charge is 2.44. The monoisotopic (exact) mass is 376 g/mol. The standard InChI is InChI=1S/C20H24O7/c1-20(2)26-15(10-16(21)25-5)19(27-20)12-9-14(24-4)17-11(18(12)22)7-6-8-13(17)23-3/h6-9,15,19,22H,10H2,1-5H3/t15-,19-/m1/s1. The van der Waals surface area contributed by atoms with Gasteiger partial charge in [-0.3, -0.25) is 4.79 Å². The Morgan fingerprint density at radius 1 is 1.15 bits per heavy atom. The Balaban J connectivity index is 2.15. The van der Waals surface area contributed by atoms with Crippen LogP contribution in [0.2, 0.25) is 0 Å². The molecule has 0 spiro atoms. The average molecular weight is 376 g/mol. The highest BCUT2D eigenvalue weighted by molar-refractivity contribution is 5.98. The van der Waals surface area contributed by atoms with Gasteiger partial charge in [0.2, 0.25) is 0 Å². The van der Waals surface area contributed by atoms with Gasteiger partial charge in [0.1, 0.15) is 29.5 Å². The van der Waals surface area contributed by atoms with Crippen LogP contribution in [-0.4, -0.2) is 44.3 Å². The van der Waals surface area contributed by atoms with Crippen LogP contribution in [-0.2, 0) is 19.0 Å². The number of methoxy groups -OCH3 is 3. The van der Waals surface area contributed by atoms with E-state index in [0.717, 1.165) is 0 Å². The zero-order chi connectivity index (χ0) is 19.8. The molecule has 1 aliphatic heterocycles. The van der Waals surface area contributed by atoms with Crippen LogP contribution in [0, 0.1) is 0 Å². The lowest BCUT2D eigenvalue weighted by atomic mass is 9.96. The van der Waals surface area contributed by atoms with Crippen molar-refractivity contribution in [2.45, 2.75) is 38.3 Å².